The van der Waals surface area contributed by atoms with Crippen LogP contribution >= 0.6 is 0 Å². The number of aryl methyl sites for hydroxylation is 1. The zero-order valence-electron chi connectivity index (χ0n) is 34.9. The maximum absolute atomic E-state index is 5.45. The normalized spacial score (nSPS) is 10.2. The number of benzene rings is 4. The van der Waals surface area contributed by atoms with Crippen molar-refractivity contribution < 1.29 is 62.4 Å². The Bertz CT molecular complexity index is 2530. The molecule has 0 saturated carbocycles. The van der Waals surface area contributed by atoms with Gasteiger partial charge in [-0.3, -0.25) is 14.1 Å². The number of hydrogen-bond acceptors (Lipinski definition) is 9. The number of aromatic nitrogens is 7. The fourth-order valence-corrected chi connectivity index (χ4v) is 5.87. The van der Waals surface area contributed by atoms with Crippen LogP contribution in [0, 0.1) is 31.7 Å². The third-order valence-corrected chi connectivity index (χ3v) is 8.97. The van der Waals surface area contributed by atoms with Crippen molar-refractivity contribution in [1.82, 2.24) is 24.3 Å². The van der Waals surface area contributed by atoms with Gasteiger partial charge in [-0.15, -0.1) is 12.1 Å². The molecule has 15 heteroatoms. The van der Waals surface area contributed by atoms with Crippen molar-refractivity contribution in [2.45, 2.75) is 6.92 Å². The molecule has 8 rings (SSSR count). The van der Waals surface area contributed by atoms with Gasteiger partial charge in [-0.1, -0.05) is 30.0 Å². The maximum atomic E-state index is 5.45. The zero-order chi connectivity index (χ0) is 42.4. The van der Waals surface area contributed by atoms with Crippen molar-refractivity contribution in [2.75, 3.05) is 49.8 Å². The average Bonchev–Trinajstić information content (AvgIpc) is 4.13. The molecule has 0 bridgehead atoms. The standard InChI is InChI=1S/C19H19N2O4.C19H19N2O3.C8H6N3.Ir/c1-22-14-5-7-16(18(11-14)24-3)20-9-10-21(13-20)17-8-6-15(23-2)12-19(17)25-4;1-14-11-15(22-2)5-7-17(14)20-9-10-21(13-20)18-8-6-16(23-3)12-19(18)24-4;1-2-5-9-7(3-1)8-4-6-10-11-8;/h5-7,9-12H,1-4H3;5-7,9-12H,1-4H3;1-6H;/q3*-1;. The second-order valence-electron chi connectivity index (χ2n) is 12.5. The van der Waals surface area contributed by atoms with Crippen molar-refractivity contribution in [2.24, 2.45) is 0 Å². The topological polar surface area (TPSA) is 122 Å². The van der Waals surface area contributed by atoms with Crippen molar-refractivity contribution in [1.29, 1.82) is 0 Å². The summed E-state index contributed by atoms with van der Waals surface area (Å²) in [4.78, 5) is 4.12. The van der Waals surface area contributed by atoms with Gasteiger partial charge in [0.1, 0.15) is 22.9 Å². The van der Waals surface area contributed by atoms with Gasteiger partial charge in [0.15, 0.2) is 0 Å². The molecular weight excluding hydrogens is 955 g/mol. The Morgan fingerprint density at radius 3 is 1.56 bits per heavy atom. The molecular formula is C46H44IrN7O7-3. The van der Waals surface area contributed by atoms with Gasteiger partial charge in [0, 0.05) is 92.0 Å². The number of hydrogen-bond donors (Lipinski definition) is 0. The summed E-state index contributed by atoms with van der Waals surface area (Å²) in [5, 5.41) is 7.58. The van der Waals surface area contributed by atoms with E-state index in [2.05, 4.69) is 40.0 Å². The van der Waals surface area contributed by atoms with Gasteiger partial charge >= 0.3 is 0 Å². The van der Waals surface area contributed by atoms with Crippen molar-refractivity contribution in [3.05, 3.63) is 152 Å². The summed E-state index contributed by atoms with van der Waals surface area (Å²) in [6.07, 6.45) is 17.5. The molecule has 0 aliphatic heterocycles. The molecule has 317 valence electrons. The fourth-order valence-electron chi connectivity index (χ4n) is 5.87. The van der Waals surface area contributed by atoms with E-state index in [4.69, 9.17) is 33.2 Å². The molecule has 0 aliphatic carbocycles. The summed E-state index contributed by atoms with van der Waals surface area (Å²) >= 11 is 0. The summed E-state index contributed by atoms with van der Waals surface area (Å²) in [7, 11) is 11.4. The molecule has 0 unspecified atom stereocenters. The van der Waals surface area contributed by atoms with E-state index in [0.717, 1.165) is 51.2 Å². The molecule has 0 N–H and O–H groups in total. The van der Waals surface area contributed by atoms with Gasteiger partial charge in [0.25, 0.3) is 12.7 Å². The molecule has 0 aliphatic rings. The van der Waals surface area contributed by atoms with Crippen LogP contribution < -0.4 is 47.4 Å². The first kappa shape index (κ1) is 45.0. The van der Waals surface area contributed by atoms with Crippen LogP contribution in [0.1, 0.15) is 5.56 Å². The molecule has 4 heterocycles. The van der Waals surface area contributed by atoms with E-state index in [1.807, 2.05) is 112 Å². The fraction of sp³-hybridized carbons (Fsp3) is 0.174. The van der Waals surface area contributed by atoms with Crippen LogP contribution in [0.15, 0.2) is 122 Å². The third-order valence-electron chi connectivity index (χ3n) is 8.97. The van der Waals surface area contributed by atoms with Gasteiger partial charge in [0.05, 0.1) is 55.5 Å². The Kier molecular flexibility index (Phi) is 16.1. The number of ether oxygens (including phenoxy) is 7. The van der Waals surface area contributed by atoms with Crippen LogP contribution in [-0.4, -0.2) is 69.0 Å². The Morgan fingerprint density at radius 1 is 0.557 bits per heavy atom. The summed E-state index contributed by atoms with van der Waals surface area (Å²) in [5.74, 6) is 4.93. The summed E-state index contributed by atoms with van der Waals surface area (Å²) in [6.45, 7) is 2.04. The molecule has 14 nitrogen and oxygen atoms in total. The Morgan fingerprint density at radius 2 is 1.08 bits per heavy atom. The molecule has 0 saturated heterocycles. The van der Waals surface area contributed by atoms with E-state index in [1.54, 1.807) is 84.9 Å². The van der Waals surface area contributed by atoms with E-state index in [9.17, 15) is 0 Å². The van der Waals surface area contributed by atoms with Gasteiger partial charge in [-0.2, -0.15) is 12.1 Å². The minimum absolute atomic E-state index is 0. The second-order valence-corrected chi connectivity index (χ2v) is 12.5. The first-order valence-electron chi connectivity index (χ1n) is 18.4. The predicted octanol–water partition coefficient (Wildman–Crippen LogP) is 6.18. The average molecular weight is 999 g/mol. The van der Waals surface area contributed by atoms with Crippen LogP contribution in [0.4, 0.5) is 0 Å². The molecule has 8 aromatic rings. The van der Waals surface area contributed by atoms with E-state index in [1.165, 1.54) is 0 Å². The second kappa shape index (κ2) is 21.8. The molecule has 4 aromatic heterocycles. The quantitative estimate of drug-likeness (QED) is 0.104. The number of methoxy groups -OCH3 is 7. The Balaban J connectivity index is 0.000000183. The third kappa shape index (κ3) is 10.9. The molecule has 0 spiro atoms. The Hall–Kier alpha value is -7.09. The SMILES string of the molecule is COc1c[c-]c(-n2[c-][n+](-c3ccc(OC)cc3OC)cc2)c(OC)c1.COc1ccc(-[n+]2[c-]n(-c3[c-]cc(OC)cc3OC)cc2)c(C)c1.[Ir].c1ccc(-c2ccn[n-]2)nc1. The van der Waals surface area contributed by atoms with Crippen LogP contribution in [0.5, 0.6) is 40.2 Å². The monoisotopic (exact) mass is 999 g/mol. The summed E-state index contributed by atoms with van der Waals surface area (Å²) < 4.78 is 44.6. The smallest absolute Gasteiger partial charge is 0.267 e. The number of rotatable bonds is 12. The van der Waals surface area contributed by atoms with E-state index in [-0.39, 0.29) is 20.1 Å². The molecule has 0 fully saturated rings. The van der Waals surface area contributed by atoms with E-state index >= 15 is 0 Å². The maximum Gasteiger partial charge on any atom is 0.267 e. The predicted molar refractivity (Wildman–Crippen MR) is 221 cm³/mol. The van der Waals surface area contributed by atoms with E-state index in [0.29, 0.717) is 28.7 Å². The Labute approximate surface area is 368 Å². The van der Waals surface area contributed by atoms with Crippen LogP contribution in [0.3, 0.4) is 0 Å². The number of nitrogens with zero attached hydrogens (tertiary/aromatic N) is 7. The van der Waals surface area contributed by atoms with Gasteiger partial charge in [-0.25, -0.2) is 0 Å². The number of pyridine rings is 1. The van der Waals surface area contributed by atoms with Gasteiger partial charge in [-0.05, 0) is 66.3 Å². The van der Waals surface area contributed by atoms with Crippen molar-refractivity contribution in [3.63, 3.8) is 0 Å². The molecule has 0 amide bonds. The molecule has 61 heavy (non-hydrogen) atoms. The molecule has 4 aromatic carbocycles. The summed E-state index contributed by atoms with van der Waals surface area (Å²) in [5.41, 5.74) is 6.16. The number of imidazole rings is 2. The van der Waals surface area contributed by atoms with Crippen LogP contribution in [0.25, 0.3) is 34.1 Å². The van der Waals surface area contributed by atoms with Crippen molar-refractivity contribution in [3.8, 4) is 74.4 Å². The van der Waals surface area contributed by atoms with Crippen LogP contribution in [-0.2, 0) is 20.1 Å². The largest absolute Gasteiger partial charge is 0.574 e. The first-order valence-corrected chi connectivity index (χ1v) is 18.4. The van der Waals surface area contributed by atoms with E-state index < -0.39 is 0 Å². The first-order chi connectivity index (χ1) is 29.3. The minimum Gasteiger partial charge on any atom is -0.574 e. The van der Waals surface area contributed by atoms with Crippen molar-refractivity contribution >= 4 is 0 Å². The molecule has 1 radical (unpaired) electrons. The minimum atomic E-state index is 0. The summed E-state index contributed by atoms with van der Waals surface area (Å²) in [6, 6.07) is 32.6. The van der Waals surface area contributed by atoms with Gasteiger partial charge in [0.2, 0.25) is 0 Å². The van der Waals surface area contributed by atoms with Gasteiger partial charge < -0.3 is 52.5 Å². The molecule has 0 atom stereocenters. The van der Waals surface area contributed by atoms with Crippen LogP contribution in [0.2, 0.25) is 0 Å². The zero-order valence-corrected chi connectivity index (χ0v) is 37.3.